The van der Waals surface area contributed by atoms with E-state index >= 15 is 0 Å². The van der Waals surface area contributed by atoms with Crippen LogP contribution >= 0.6 is 12.4 Å². The van der Waals surface area contributed by atoms with E-state index in [1.54, 1.807) is 12.0 Å². The Balaban J connectivity index is 0.00000196. The number of carbonyl (C=O) groups excluding carboxylic acids is 1. The number of rotatable bonds is 3. The van der Waals surface area contributed by atoms with Gasteiger partial charge in [0.2, 0.25) is 5.76 Å². The van der Waals surface area contributed by atoms with Crippen LogP contribution in [-0.2, 0) is 0 Å². The lowest BCUT2D eigenvalue weighted by molar-refractivity contribution is 0.0762. The van der Waals surface area contributed by atoms with Gasteiger partial charge in [-0.3, -0.25) is 4.79 Å². The fourth-order valence-electron chi connectivity index (χ4n) is 3.36. The molecule has 1 aliphatic heterocycles. The normalized spacial score (nSPS) is 16.5. The molecule has 2 N–H and O–H groups in total. The van der Waals surface area contributed by atoms with Gasteiger partial charge in [0, 0.05) is 36.1 Å². The second-order valence-corrected chi connectivity index (χ2v) is 6.33. The Morgan fingerprint density at radius 2 is 2.00 bits per heavy atom. The molecule has 1 aromatic heterocycles. The van der Waals surface area contributed by atoms with Gasteiger partial charge in [0.15, 0.2) is 0 Å². The van der Waals surface area contributed by atoms with Crippen molar-refractivity contribution in [3.63, 3.8) is 0 Å². The summed E-state index contributed by atoms with van der Waals surface area (Å²) in [5, 5.41) is 0.902. The molecule has 0 radical (unpaired) electrons. The average Bonchev–Trinajstić information content (AvgIpc) is 3.24. The van der Waals surface area contributed by atoms with E-state index in [1.165, 1.54) is 0 Å². The molecule has 1 saturated heterocycles. The standard InChI is InChI=1S/C20H20N2O3.ClH/c1-24-15-7-8-16-17(11-15)25-19(18(16)13-5-3-2-4-6-13)20(23)22-10-9-14(21)12-22;/h2-8,11,14H,9-10,12,21H2,1H3;1H/t14-;/m1./s1. The molecule has 3 aromatic rings. The first-order valence-corrected chi connectivity index (χ1v) is 8.38. The second-order valence-electron chi connectivity index (χ2n) is 6.33. The molecular formula is C20H21ClN2O3. The number of furan rings is 1. The number of likely N-dealkylation sites (tertiary alicyclic amines) is 1. The van der Waals surface area contributed by atoms with E-state index in [0.717, 1.165) is 22.9 Å². The predicted octanol–water partition coefficient (Wildman–Crippen LogP) is 3.70. The minimum absolute atomic E-state index is 0. The fourth-order valence-corrected chi connectivity index (χ4v) is 3.36. The van der Waals surface area contributed by atoms with Crippen molar-refractivity contribution in [1.29, 1.82) is 0 Å². The van der Waals surface area contributed by atoms with E-state index in [-0.39, 0.29) is 24.4 Å². The molecule has 1 fully saturated rings. The first-order chi connectivity index (χ1) is 12.2. The van der Waals surface area contributed by atoms with Crippen LogP contribution in [0, 0.1) is 0 Å². The summed E-state index contributed by atoms with van der Waals surface area (Å²) >= 11 is 0. The number of methoxy groups -OCH3 is 1. The molecule has 2 aromatic carbocycles. The summed E-state index contributed by atoms with van der Waals surface area (Å²) in [6.45, 7) is 1.22. The maximum absolute atomic E-state index is 13.1. The first-order valence-electron chi connectivity index (χ1n) is 8.38. The van der Waals surface area contributed by atoms with Crippen LogP contribution in [0.2, 0.25) is 0 Å². The maximum Gasteiger partial charge on any atom is 0.290 e. The van der Waals surface area contributed by atoms with Gasteiger partial charge in [-0.15, -0.1) is 12.4 Å². The van der Waals surface area contributed by atoms with Crippen LogP contribution in [0.15, 0.2) is 52.9 Å². The molecule has 2 heterocycles. The lowest BCUT2D eigenvalue weighted by atomic mass is 10.0. The molecule has 0 spiro atoms. The van der Waals surface area contributed by atoms with Gasteiger partial charge < -0.3 is 19.8 Å². The molecule has 4 rings (SSSR count). The van der Waals surface area contributed by atoms with E-state index in [1.807, 2.05) is 48.5 Å². The van der Waals surface area contributed by atoms with Crippen LogP contribution in [0.4, 0.5) is 0 Å². The van der Waals surface area contributed by atoms with Crippen LogP contribution in [0.25, 0.3) is 22.1 Å². The Labute approximate surface area is 158 Å². The number of amides is 1. The molecule has 26 heavy (non-hydrogen) atoms. The Bertz CT molecular complexity index is 923. The zero-order valence-electron chi connectivity index (χ0n) is 14.5. The van der Waals surface area contributed by atoms with Crippen molar-refractivity contribution in [3.05, 3.63) is 54.3 Å². The lowest BCUT2D eigenvalue weighted by Gasteiger charge is -2.15. The maximum atomic E-state index is 13.1. The quantitative estimate of drug-likeness (QED) is 0.761. The zero-order valence-corrected chi connectivity index (χ0v) is 15.3. The SMILES string of the molecule is COc1ccc2c(-c3ccccc3)c(C(=O)N3CC[C@@H](N)C3)oc2c1.Cl. The lowest BCUT2D eigenvalue weighted by Crippen LogP contribution is -2.31. The number of hydrogen-bond acceptors (Lipinski definition) is 4. The summed E-state index contributed by atoms with van der Waals surface area (Å²) in [5.41, 5.74) is 8.39. The third-order valence-electron chi connectivity index (χ3n) is 4.67. The van der Waals surface area contributed by atoms with E-state index in [4.69, 9.17) is 14.9 Å². The number of hydrogen-bond donors (Lipinski definition) is 1. The minimum Gasteiger partial charge on any atom is -0.497 e. The predicted molar refractivity (Wildman–Crippen MR) is 104 cm³/mol. The van der Waals surface area contributed by atoms with Crippen LogP contribution < -0.4 is 10.5 Å². The number of nitrogens with zero attached hydrogens (tertiary/aromatic N) is 1. The molecule has 6 heteroatoms. The highest BCUT2D eigenvalue weighted by molar-refractivity contribution is 6.08. The van der Waals surface area contributed by atoms with Gasteiger partial charge in [-0.2, -0.15) is 0 Å². The van der Waals surface area contributed by atoms with Gasteiger partial charge in [0.1, 0.15) is 11.3 Å². The monoisotopic (exact) mass is 372 g/mol. The van der Waals surface area contributed by atoms with Gasteiger partial charge in [0.05, 0.1) is 7.11 Å². The van der Waals surface area contributed by atoms with Crippen LogP contribution in [0.5, 0.6) is 5.75 Å². The van der Waals surface area contributed by atoms with Gasteiger partial charge in [0.25, 0.3) is 5.91 Å². The highest BCUT2D eigenvalue weighted by atomic mass is 35.5. The Kier molecular flexibility index (Phi) is 5.20. The molecular weight excluding hydrogens is 352 g/mol. The van der Waals surface area contributed by atoms with Crippen LogP contribution in [0.1, 0.15) is 17.0 Å². The molecule has 1 atom stereocenters. The van der Waals surface area contributed by atoms with Gasteiger partial charge in [-0.25, -0.2) is 0 Å². The Hall–Kier alpha value is -2.50. The fraction of sp³-hybridized carbons (Fsp3) is 0.250. The third-order valence-corrected chi connectivity index (χ3v) is 4.67. The van der Waals surface area contributed by atoms with Crippen molar-refractivity contribution in [2.24, 2.45) is 5.73 Å². The van der Waals surface area contributed by atoms with Gasteiger partial charge in [-0.05, 0) is 24.1 Å². The summed E-state index contributed by atoms with van der Waals surface area (Å²) in [4.78, 5) is 14.8. The minimum atomic E-state index is -0.109. The Morgan fingerprint density at radius 1 is 1.23 bits per heavy atom. The van der Waals surface area contributed by atoms with E-state index in [2.05, 4.69) is 0 Å². The van der Waals surface area contributed by atoms with Crippen molar-refractivity contribution < 1.29 is 13.9 Å². The summed E-state index contributed by atoms with van der Waals surface area (Å²) in [6, 6.07) is 15.5. The second kappa shape index (κ2) is 7.40. The van der Waals surface area contributed by atoms with Crippen LogP contribution in [0.3, 0.4) is 0 Å². The van der Waals surface area contributed by atoms with Crippen molar-refractivity contribution in [1.82, 2.24) is 4.90 Å². The molecule has 1 amide bonds. The average molecular weight is 373 g/mol. The number of fused-ring (bicyclic) bond motifs is 1. The molecule has 0 bridgehead atoms. The summed E-state index contributed by atoms with van der Waals surface area (Å²) in [7, 11) is 1.61. The summed E-state index contributed by atoms with van der Waals surface area (Å²) in [5.74, 6) is 0.952. The van der Waals surface area contributed by atoms with Crippen molar-refractivity contribution in [2.75, 3.05) is 20.2 Å². The highest BCUT2D eigenvalue weighted by Crippen LogP contribution is 2.37. The molecule has 0 unspecified atom stereocenters. The van der Waals surface area contributed by atoms with Gasteiger partial charge in [-0.1, -0.05) is 30.3 Å². The van der Waals surface area contributed by atoms with E-state index in [9.17, 15) is 4.79 Å². The first kappa shape index (κ1) is 18.3. The molecule has 5 nitrogen and oxygen atoms in total. The molecule has 0 saturated carbocycles. The topological polar surface area (TPSA) is 68.7 Å². The number of halogens is 1. The zero-order chi connectivity index (χ0) is 17.4. The summed E-state index contributed by atoms with van der Waals surface area (Å²) in [6.07, 6.45) is 0.820. The van der Waals surface area contributed by atoms with E-state index < -0.39 is 0 Å². The van der Waals surface area contributed by atoms with E-state index in [0.29, 0.717) is 30.2 Å². The molecule has 0 aliphatic carbocycles. The van der Waals surface area contributed by atoms with Crippen molar-refractivity contribution in [3.8, 4) is 16.9 Å². The van der Waals surface area contributed by atoms with Crippen LogP contribution in [-0.4, -0.2) is 37.0 Å². The Morgan fingerprint density at radius 3 is 2.65 bits per heavy atom. The number of ether oxygens (including phenoxy) is 1. The molecule has 136 valence electrons. The number of nitrogens with two attached hydrogens (primary N) is 1. The third kappa shape index (κ3) is 3.16. The van der Waals surface area contributed by atoms with Crippen molar-refractivity contribution in [2.45, 2.75) is 12.5 Å². The molecule has 1 aliphatic rings. The smallest absolute Gasteiger partial charge is 0.290 e. The largest absolute Gasteiger partial charge is 0.497 e. The van der Waals surface area contributed by atoms with Crippen molar-refractivity contribution >= 4 is 29.3 Å². The highest BCUT2D eigenvalue weighted by Gasteiger charge is 2.30. The number of carbonyl (C=O) groups is 1. The van der Waals surface area contributed by atoms with Gasteiger partial charge >= 0.3 is 0 Å². The summed E-state index contributed by atoms with van der Waals surface area (Å²) < 4.78 is 11.3. The number of benzene rings is 2.